The average molecular weight is 203 g/mol. The Morgan fingerprint density at radius 2 is 2.47 bits per heavy atom. The van der Waals surface area contributed by atoms with Crippen LogP contribution < -0.4 is 0 Å². The molecule has 0 spiro atoms. The summed E-state index contributed by atoms with van der Waals surface area (Å²) in [5, 5.41) is 0. The number of allylic oxidation sites excluding steroid dienone is 1. The number of hydrogen-bond donors (Lipinski definition) is 0. The molecule has 0 radical (unpaired) electrons. The maximum atomic E-state index is 11.6. The summed E-state index contributed by atoms with van der Waals surface area (Å²) in [6.45, 7) is 3.96. The lowest BCUT2D eigenvalue weighted by molar-refractivity contribution is -0.142. The second kappa shape index (κ2) is 3.85. The summed E-state index contributed by atoms with van der Waals surface area (Å²) in [6, 6.07) is 3.77. The molecule has 0 saturated carbocycles. The lowest BCUT2D eigenvalue weighted by Gasteiger charge is -2.23. The van der Waals surface area contributed by atoms with E-state index in [-0.39, 0.29) is 11.9 Å². The van der Waals surface area contributed by atoms with Gasteiger partial charge in [0.2, 0.25) is 0 Å². The number of aromatic nitrogens is 1. The van der Waals surface area contributed by atoms with Crippen LogP contribution in [0.5, 0.6) is 0 Å². The molecule has 1 unspecified atom stereocenters. The van der Waals surface area contributed by atoms with Crippen molar-refractivity contribution in [3.05, 3.63) is 36.2 Å². The Labute approximate surface area is 88.8 Å². The van der Waals surface area contributed by atoms with Gasteiger partial charge in [-0.3, -0.25) is 9.78 Å². The van der Waals surface area contributed by atoms with Gasteiger partial charge in [-0.05, 0) is 30.0 Å². The zero-order valence-electron chi connectivity index (χ0n) is 8.69. The zero-order chi connectivity index (χ0) is 10.8. The highest BCUT2D eigenvalue weighted by Gasteiger charge is 2.29. The highest BCUT2D eigenvalue weighted by molar-refractivity contribution is 5.82. The van der Waals surface area contributed by atoms with Crippen molar-refractivity contribution in [3.63, 3.8) is 0 Å². The van der Waals surface area contributed by atoms with E-state index in [1.165, 1.54) is 7.11 Å². The molecule has 1 atom stereocenters. The van der Waals surface area contributed by atoms with Crippen molar-refractivity contribution in [2.45, 2.75) is 18.8 Å². The van der Waals surface area contributed by atoms with Crippen LogP contribution in [0.1, 0.15) is 30.0 Å². The summed E-state index contributed by atoms with van der Waals surface area (Å²) in [5.41, 5.74) is 2.81. The fourth-order valence-corrected chi connectivity index (χ4v) is 1.97. The van der Waals surface area contributed by atoms with Gasteiger partial charge < -0.3 is 4.74 Å². The lowest BCUT2D eigenvalue weighted by Crippen LogP contribution is -2.19. The van der Waals surface area contributed by atoms with Gasteiger partial charge in [0.25, 0.3) is 0 Å². The van der Waals surface area contributed by atoms with Crippen molar-refractivity contribution in [1.29, 1.82) is 0 Å². The van der Waals surface area contributed by atoms with Crippen molar-refractivity contribution in [3.8, 4) is 0 Å². The molecule has 3 heteroatoms. The molecular weight excluding hydrogens is 190 g/mol. The predicted octanol–water partition coefficient (Wildman–Crippen LogP) is 2.15. The molecule has 0 aliphatic heterocycles. The van der Waals surface area contributed by atoms with Crippen LogP contribution in [0, 0.1) is 0 Å². The topological polar surface area (TPSA) is 39.2 Å². The Balaban J connectivity index is 2.44. The maximum Gasteiger partial charge on any atom is 0.313 e. The first-order valence-corrected chi connectivity index (χ1v) is 4.95. The largest absolute Gasteiger partial charge is 0.469 e. The van der Waals surface area contributed by atoms with Crippen molar-refractivity contribution in [1.82, 2.24) is 4.98 Å². The normalized spacial score (nSPS) is 19.5. The van der Waals surface area contributed by atoms with Gasteiger partial charge in [0.05, 0.1) is 18.7 Å². The second-order valence-corrected chi connectivity index (χ2v) is 3.66. The van der Waals surface area contributed by atoms with Crippen molar-refractivity contribution in [2.24, 2.45) is 0 Å². The van der Waals surface area contributed by atoms with Crippen molar-refractivity contribution < 1.29 is 9.53 Å². The second-order valence-electron chi connectivity index (χ2n) is 3.66. The first-order valence-electron chi connectivity index (χ1n) is 4.95. The van der Waals surface area contributed by atoms with Gasteiger partial charge in [-0.15, -0.1) is 0 Å². The molecular formula is C12H13NO2. The Hall–Kier alpha value is -1.64. The third-order valence-electron chi connectivity index (χ3n) is 2.77. The summed E-state index contributed by atoms with van der Waals surface area (Å²) in [4.78, 5) is 15.8. The Morgan fingerprint density at radius 1 is 1.67 bits per heavy atom. The molecule has 0 saturated heterocycles. The number of ether oxygens (including phenoxy) is 1. The van der Waals surface area contributed by atoms with E-state index < -0.39 is 0 Å². The van der Waals surface area contributed by atoms with E-state index in [0.717, 1.165) is 29.7 Å². The van der Waals surface area contributed by atoms with Gasteiger partial charge in [-0.25, -0.2) is 0 Å². The molecule has 78 valence electrons. The van der Waals surface area contributed by atoms with Gasteiger partial charge in [0, 0.05) is 6.20 Å². The SMILES string of the molecule is C=C1CCC(C(=O)OC)c2cccnc21. The smallest absolute Gasteiger partial charge is 0.313 e. The number of methoxy groups -OCH3 is 1. The minimum Gasteiger partial charge on any atom is -0.469 e. The number of carbonyl (C=O) groups is 1. The molecule has 0 N–H and O–H groups in total. The molecule has 1 aliphatic rings. The summed E-state index contributed by atoms with van der Waals surface area (Å²) in [7, 11) is 1.42. The van der Waals surface area contributed by atoms with E-state index in [0.29, 0.717) is 0 Å². The summed E-state index contributed by atoms with van der Waals surface area (Å²) in [6.07, 6.45) is 3.30. The molecule has 0 amide bonds. The predicted molar refractivity (Wildman–Crippen MR) is 57.3 cm³/mol. The van der Waals surface area contributed by atoms with Crippen LogP contribution in [0.4, 0.5) is 0 Å². The lowest BCUT2D eigenvalue weighted by atomic mass is 9.83. The third kappa shape index (κ3) is 1.65. The van der Waals surface area contributed by atoms with Gasteiger partial charge in [-0.1, -0.05) is 12.6 Å². The van der Waals surface area contributed by atoms with Crippen molar-refractivity contribution in [2.75, 3.05) is 7.11 Å². The van der Waals surface area contributed by atoms with E-state index in [2.05, 4.69) is 11.6 Å². The van der Waals surface area contributed by atoms with Gasteiger partial charge >= 0.3 is 5.97 Å². The summed E-state index contributed by atoms with van der Waals surface area (Å²) >= 11 is 0. The number of fused-ring (bicyclic) bond motifs is 1. The highest BCUT2D eigenvalue weighted by atomic mass is 16.5. The van der Waals surface area contributed by atoms with Crippen LogP contribution in [0.2, 0.25) is 0 Å². The first kappa shape index (κ1) is 9.90. The molecule has 3 nitrogen and oxygen atoms in total. The van der Waals surface area contributed by atoms with Crippen LogP contribution in [-0.2, 0) is 9.53 Å². The van der Waals surface area contributed by atoms with Crippen molar-refractivity contribution >= 4 is 11.5 Å². The van der Waals surface area contributed by atoms with Gasteiger partial charge in [0.1, 0.15) is 0 Å². The van der Waals surface area contributed by atoms with E-state index >= 15 is 0 Å². The van der Waals surface area contributed by atoms with Crippen LogP contribution in [0.15, 0.2) is 24.9 Å². The maximum absolute atomic E-state index is 11.6. The van der Waals surface area contributed by atoms with Gasteiger partial charge in [0.15, 0.2) is 0 Å². The highest BCUT2D eigenvalue weighted by Crippen LogP contribution is 2.36. The quantitative estimate of drug-likeness (QED) is 0.656. The van der Waals surface area contributed by atoms with E-state index in [1.54, 1.807) is 6.20 Å². The van der Waals surface area contributed by atoms with Crippen LogP contribution in [0.25, 0.3) is 5.57 Å². The molecule has 1 aromatic heterocycles. The number of pyridine rings is 1. The Bertz CT molecular complexity index is 412. The average Bonchev–Trinajstić information content (AvgIpc) is 2.29. The Morgan fingerprint density at radius 3 is 3.20 bits per heavy atom. The van der Waals surface area contributed by atoms with E-state index in [9.17, 15) is 4.79 Å². The molecule has 15 heavy (non-hydrogen) atoms. The molecule has 2 rings (SSSR count). The molecule has 1 heterocycles. The van der Waals surface area contributed by atoms with E-state index in [4.69, 9.17) is 4.74 Å². The molecule has 1 aromatic rings. The molecule has 0 aromatic carbocycles. The van der Waals surface area contributed by atoms with Crippen LogP contribution in [0.3, 0.4) is 0 Å². The molecule has 0 fully saturated rings. The number of hydrogen-bond acceptors (Lipinski definition) is 3. The minimum atomic E-state index is -0.184. The fraction of sp³-hybridized carbons (Fsp3) is 0.333. The number of rotatable bonds is 1. The van der Waals surface area contributed by atoms with Gasteiger partial charge in [-0.2, -0.15) is 0 Å². The first-order chi connectivity index (χ1) is 7.24. The minimum absolute atomic E-state index is 0.177. The zero-order valence-corrected chi connectivity index (χ0v) is 8.69. The van der Waals surface area contributed by atoms with Crippen LogP contribution >= 0.6 is 0 Å². The summed E-state index contributed by atoms with van der Waals surface area (Å²) in [5.74, 6) is -0.360. The number of esters is 1. The molecule has 0 bridgehead atoms. The third-order valence-corrected chi connectivity index (χ3v) is 2.77. The van der Waals surface area contributed by atoms with E-state index in [1.807, 2.05) is 12.1 Å². The van der Waals surface area contributed by atoms with Crippen LogP contribution in [-0.4, -0.2) is 18.1 Å². The number of nitrogens with zero attached hydrogens (tertiary/aromatic N) is 1. The monoisotopic (exact) mass is 203 g/mol. The molecule has 1 aliphatic carbocycles. The summed E-state index contributed by atoms with van der Waals surface area (Å²) < 4.78 is 4.79. The Kier molecular flexibility index (Phi) is 2.54. The fourth-order valence-electron chi connectivity index (χ4n) is 1.97. The number of carbonyl (C=O) groups excluding carboxylic acids is 1. The standard InChI is InChI=1S/C12H13NO2/c1-8-5-6-10(12(14)15-2)9-4-3-7-13-11(8)9/h3-4,7,10H,1,5-6H2,2H3.